The van der Waals surface area contributed by atoms with E-state index in [9.17, 15) is 19.8 Å². The molecule has 0 unspecified atom stereocenters. The van der Waals surface area contributed by atoms with Crippen LogP contribution in [-0.2, 0) is 14.3 Å². The maximum Gasteiger partial charge on any atom is 0.316 e. The van der Waals surface area contributed by atoms with Gasteiger partial charge in [-0.05, 0) is 62.2 Å². The minimum Gasteiger partial charge on any atom is -0.461 e. The third kappa shape index (κ3) is 4.42. The first-order valence-electron chi connectivity index (χ1n) is 13.5. The predicted molar refractivity (Wildman–Crippen MR) is 139 cm³/mol. The molecule has 2 bridgehead atoms. The average molecular weight is 508 g/mol. The predicted octanol–water partition coefficient (Wildman–Crippen LogP) is 3.87. The van der Waals surface area contributed by atoms with Crippen molar-refractivity contribution in [3.05, 3.63) is 12.7 Å². The van der Waals surface area contributed by atoms with Crippen LogP contribution in [0.15, 0.2) is 12.7 Å². The number of hydrogen-bond acceptors (Lipinski definition) is 7. The minimum atomic E-state index is -0.666. The van der Waals surface area contributed by atoms with Crippen molar-refractivity contribution in [1.82, 2.24) is 0 Å². The van der Waals surface area contributed by atoms with Gasteiger partial charge in [0.15, 0.2) is 0 Å². The van der Waals surface area contributed by atoms with Gasteiger partial charge in [-0.15, -0.1) is 18.3 Å². The topological polar surface area (TPSA) is 110 Å². The van der Waals surface area contributed by atoms with Crippen LogP contribution in [0, 0.1) is 34.0 Å². The maximum absolute atomic E-state index is 13.5. The van der Waals surface area contributed by atoms with Gasteiger partial charge in [-0.1, -0.05) is 33.8 Å². The zero-order valence-electron chi connectivity index (χ0n) is 21.9. The number of ether oxygens (including phenoxy) is 1. The monoisotopic (exact) mass is 507 g/mol. The number of esters is 1. The molecule has 11 atom stereocenters. The molecular weight excluding hydrogens is 462 g/mol. The summed E-state index contributed by atoms with van der Waals surface area (Å²) in [6.45, 7) is 12.5. The number of rotatable bonds is 5. The highest BCUT2D eigenvalue weighted by atomic mass is 32.2. The van der Waals surface area contributed by atoms with Gasteiger partial charge in [-0.2, -0.15) is 0 Å². The van der Waals surface area contributed by atoms with Gasteiger partial charge in [0, 0.05) is 34.5 Å². The van der Waals surface area contributed by atoms with Gasteiger partial charge < -0.3 is 20.7 Å². The van der Waals surface area contributed by atoms with Crippen molar-refractivity contribution in [2.24, 2.45) is 39.7 Å². The lowest BCUT2D eigenvalue weighted by atomic mass is 9.44. The van der Waals surface area contributed by atoms with E-state index in [1.54, 1.807) is 0 Å². The van der Waals surface area contributed by atoms with E-state index < -0.39 is 29.1 Å². The Bertz CT molecular complexity index is 851. The molecule has 0 heterocycles. The first kappa shape index (κ1) is 27.2. The summed E-state index contributed by atoms with van der Waals surface area (Å²) in [5.41, 5.74) is 4.68. The van der Waals surface area contributed by atoms with E-state index in [1.165, 1.54) is 11.8 Å². The van der Waals surface area contributed by atoms with Crippen molar-refractivity contribution in [3.8, 4) is 0 Å². The summed E-state index contributed by atoms with van der Waals surface area (Å²) in [5, 5.41) is 21.9. The first-order chi connectivity index (χ1) is 16.4. The lowest BCUT2D eigenvalue weighted by Gasteiger charge is -2.61. The molecule has 0 saturated heterocycles. The molecule has 0 spiro atoms. The van der Waals surface area contributed by atoms with E-state index in [-0.39, 0.29) is 52.0 Å². The highest BCUT2D eigenvalue weighted by molar-refractivity contribution is 8.00. The second-order valence-corrected chi connectivity index (χ2v) is 13.8. The Kier molecular flexibility index (Phi) is 7.58. The highest BCUT2D eigenvalue weighted by Crippen LogP contribution is 2.68. The number of nitrogens with two attached hydrogens (primary N) is 1. The molecule has 198 valence electrons. The van der Waals surface area contributed by atoms with Crippen molar-refractivity contribution in [2.75, 3.05) is 5.75 Å². The second kappa shape index (κ2) is 9.77. The summed E-state index contributed by atoms with van der Waals surface area (Å²) in [4.78, 5) is 26.7. The summed E-state index contributed by atoms with van der Waals surface area (Å²) in [7, 11) is 0. The number of ketones is 1. The molecule has 0 radical (unpaired) electrons. The Labute approximate surface area is 214 Å². The lowest BCUT2D eigenvalue weighted by molar-refractivity contribution is -0.205. The van der Waals surface area contributed by atoms with Crippen LogP contribution in [0.25, 0.3) is 0 Å². The van der Waals surface area contributed by atoms with Crippen LogP contribution in [0.2, 0.25) is 0 Å². The Morgan fingerprint density at radius 1 is 1.23 bits per heavy atom. The average Bonchev–Trinajstić information content (AvgIpc) is 3.18. The molecule has 0 aliphatic heterocycles. The van der Waals surface area contributed by atoms with Crippen LogP contribution in [0.4, 0.5) is 0 Å². The molecule has 35 heavy (non-hydrogen) atoms. The highest BCUT2D eigenvalue weighted by Gasteiger charge is 2.68. The standard InChI is InChI=1S/C28H45NO5S/c1-6-26(4)14-22(34-23(32)15-35-21-13-18(29)7-8-19(21)30)27(5)16(2)9-11-28(17(3)25(26)33)12-10-20(31)24(27)28/h6,16-19,21-22,24-25,30,33H,1,7-15,29H2,2-5H3/t16-,17+,18+,19+,21+,22-,24+,25+,26-,27+,28+/m1/s1. The van der Waals surface area contributed by atoms with Crippen LogP contribution < -0.4 is 5.73 Å². The fourth-order valence-corrected chi connectivity index (χ4v) is 9.35. The van der Waals surface area contributed by atoms with E-state index in [1.807, 2.05) is 13.0 Å². The van der Waals surface area contributed by atoms with E-state index >= 15 is 0 Å². The Morgan fingerprint density at radius 2 is 1.94 bits per heavy atom. The molecule has 7 heteroatoms. The SMILES string of the molecule is C=C[C@]1(C)C[C@@H](OC(=O)CS[C@H]2C[C@@H](N)CC[C@@H]2O)[C@]2(C)[C@H](C)CC[C@]3(CCC(=O)[C@H]32)[C@@H](C)[C@@H]1O. The zero-order chi connectivity index (χ0) is 25.8. The summed E-state index contributed by atoms with van der Waals surface area (Å²) in [6, 6.07) is 0.0535. The molecular formula is C28H45NO5S. The Balaban J connectivity index is 1.63. The van der Waals surface area contributed by atoms with E-state index in [2.05, 4.69) is 27.4 Å². The summed E-state index contributed by atoms with van der Waals surface area (Å²) in [5.74, 6) is 0.0243. The van der Waals surface area contributed by atoms with Crippen molar-refractivity contribution >= 4 is 23.5 Å². The van der Waals surface area contributed by atoms with Gasteiger partial charge in [-0.3, -0.25) is 9.59 Å². The van der Waals surface area contributed by atoms with Gasteiger partial charge >= 0.3 is 5.97 Å². The molecule has 4 rings (SSSR count). The quantitative estimate of drug-likeness (QED) is 0.383. The number of Topliss-reactive ketones (excluding diaryl/α,β-unsaturated/α-hetero) is 1. The van der Waals surface area contributed by atoms with Crippen LogP contribution in [-0.4, -0.2) is 57.3 Å². The van der Waals surface area contributed by atoms with Crippen molar-refractivity contribution < 1.29 is 24.5 Å². The second-order valence-electron chi connectivity index (χ2n) is 12.6. The summed E-state index contributed by atoms with van der Waals surface area (Å²) < 4.78 is 6.29. The number of carbonyl (C=O) groups excluding carboxylic acids is 2. The van der Waals surface area contributed by atoms with Crippen molar-refractivity contribution in [1.29, 1.82) is 0 Å². The van der Waals surface area contributed by atoms with Crippen molar-refractivity contribution in [2.45, 2.75) is 109 Å². The molecule has 0 amide bonds. The number of thioether (sulfide) groups is 1. The molecule has 6 nitrogen and oxygen atoms in total. The number of aliphatic hydroxyl groups excluding tert-OH is 2. The third-order valence-corrected chi connectivity index (χ3v) is 12.1. The summed E-state index contributed by atoms with van der Waals surface area (Å²) >= 11 is 1.42. The maximum atomic E-state index is 13.5. The molecule has 4 N–H and O–H groups in total. The van der Waals surface area contributed by atoms with Gasteiger partial charge in [0.1, 0.15) is 11.9 Å². The Hall–Kier alpha value is -0.890. The fraction of sp³-hybridized carbons (Fsp3) is 0.857. The normalized spacial score (nSPS) is 50.1. The largest absolute Gasteiger partial charge is 0.461 e. The summed E-state index contributed by atoms with van der Waals surface area (Å²) in [6.07, 6.45) is 5.99. The molecule has 0 aromatic carbocycles. The van der Waals surface area contributed by atoms with Crippen LogP contribution in [0.1, 0.15) is 79.1 Å². The van der Waals surface area contributed by atoms with E-state index in [4.69, 9.17) is 10.5 Å². The Morgan fingerprint density at radius 3 is 2.63 bits per heavy atom. The van der Waals surface area contributed by atoms with Crippen LogP contribution in [0.5, 0.6) is 0 Å². The molecule has 4 fully saturated rings. The van der Waals surface area contributed by atoms with E-state index in [0.29, 0.717) is 25.7 Å². The van der Waals surface area contributed by atoms with Gasteiger partial charge in [0.25, 0.3) is 0 Å². The number of carbonyl (C=O) groups is 2. The van der Waals surface area contributed by atoms with Crippen LogP contribution in [0.3, 0.4) is 0 Å². The van der Waals surface area contributed by atoms with Crippen molar-refractivity contribution in [3.63, 3.8) is 0 Å². The van der Waals surface area contributed by atoms with E-state index in [0.717, 1.165) is 25.7 Å². The van der Waals surface area contributed by atoms with Gasteiger partial charge in [-0.25, -0.2) is 0 Å². The number of aliphatic hydroxyl groups is 2. The zero-order valence-corrected chi connectivity index (χ0v) is 22.7. The van der Waals surface area contributed by atoms with Crippen LogP contribution >= 0.6 is 11.8 Å². The smallest absolute Gasteiger partial charge is 0.316 e. The number of hydrogen-bond donors (Lipinski definition) is 3. The lowest BCUT2D eigenvalue weighted by Crippen LogP contribution is -2.63. The molecule has 0 aromatic heterocycles. The minimum absolute atomic E-state index is 0.0435. The first-order valence-corrected chi connectivity index (χ1v) is 14.5. The molecule has 4 saturated carbocycles. The molecule has 4 aliphatic rings. The third-order valence-electron chi connectivity index (χ3n) is 10.8. The van der Waals surface area contributed by atoms with Gasteiger partial charge in [0.2, 0.25) is 0 Å². The fourth-order valence-electron chi connectivity index (χ4n) is 8.19. The molecule has 0 aromatic rings. The molecule has 4 aliphatic carbocycles. The van der Waals surface area contributed by atoms with Gasteiger partial charge in [0.05, 0.1) is 18.0 Å².